The highest BCUT2D eigenvalue weighted by atomic mass is 16.5. The van der Waals surface area contributed by atoms with Crippen LogP contribution in [0, 0.1) is 0 Å². The summed E-state index contributed by atoms with van der Waals surface area (Å²) >= 11 is 0. The molecule has 0 aliphatic carbocycles. The lowest BCUT2D eigenvalue weighted by molar-refractivity contribution is -0.0442. The highest BCUT2D eigenvalue weighted by molar-refractivity contribution is 5.20. The van der Waals surface area contributed by atoms with Crippen molar-refractivity contribution in [2.24, 2.45) is 0 Å². The van der Waals surface area contributed by atoms with Crippen molar-refractivity contribution in [2.45, 2.75) is 63.6 Å². The van der Waals surface area contributed by atoms with Gasteiger partial charge in [-0.2, -0.15) is 0 Å². The summed E-state index contributed by atoms with van der Waals surface area (Å²) in [6.07, 6.45) is 13.5. The van der Waals surface area contributed by atoms with Gasteiger partial charge in [0, 0.05) is 12.6 Å². The van der Waals surface area contributed by atoms with E-state index in [-0.39, 0.29) is 0 Å². The summed E-state index contributed by atoms with van der Waals surface area (Å²) in [6.45, 7) is 6.58. The Morgan fingerprint density at radius 2 is 1.92 bits per heavy atom. The van der Waals surface area contributed by atoms with Crippen molar-refractivity contribution in [3.8, 4) is 0 Å². The maximum atomic E-state index is 5.83. The average molecular weight is 325 g/mol. The number of hydrogen-bond acceptors (Lipinski definition) is 2. The molecule has 1 aromatic carbocycles. The van der Waals surface area contributed by atoms with Crippen LogP contribution >= 0.6 is 0 Å². The third-order valence-electron chi connectivity index (χ3n) is 5.28. The van der Waals surface area contributed by atoms with Crippen LogP contribution < -0.4 is 0 Å². The molecular formula is C22H31NO. The molecule has 1 aromatic rings. The van der Waals surface area contributed by atoms with Gasteiger partial charge in [0.1, 0.15) is 0 Å². The minimum absolute atomic E-state index is 0.466. The van der Waals surface area contributed by atoms with Crippen LogP contribution in [0.15, 0.2) is 54.6 Å². The van der Waals surface area contributed by atoms with Gasteiger partial charge in [-0.05, 0) is 37.7 Å². The van der Waals surface area contributed by atoms with Crippen molar-refractivity contribution in [2.75, 3.05) is 13.2 Å². The van der Waals surface area contributed by atoms with Crippen LogP contribution in [-0.2, 0) is 11.3 Å². The van der Waals surface area contributed by atoms with Gasteiger partial charge in [-0.25, -0.2) is 0 Å². The molecule has 0 amide bonds. The van der Waals surface area contributed by atoms with Crippen LogP contribution in [-0.4, -0.2) is 30.2 Å². The predicted octanol–water partition coefficient (Wildman–Crippen LogP) is 5.11. The Hall–Kier alpha value is -1.38. The van der Waals surface area contributed by atoms with Crippen molar-refractivity contribution >= 4 is 0 Å². The summed E-state index contributed by atoms with van der Waals surface area (Å²) < 4.78 is 5.83. The topological polar surface area (TPSA) is 12.5 Å². The largest absolute Gasteiger partial charge is 0.378 e. The summed E-state index contributed by atoms with van der Waals surface area (Å²) in [5.74, 6) is 0. The van der Waals surface area contributed by atoms with E-state index in [2.05, 4.69) is 47.9 Å². The first-order chi connectivity index (χ1) is 11.9. The number of morpholine rings is 1. The number of benzene rings is 1. The monoisotopic (exact) mass is 325 g/mol. The number of ether oxygens (including phenoxy) is 1. The SMILES string of the molecule is C=CCCCCCCC1=CC2COCC(C1)N2Cc1ccccc1. The molecule has 0 aromatic heterocycles. The molecule has 24 heavy (non-hydrogen) atoms. The van der Waals surface area contributed by atoms with Gasteiger partial charge in [0.05, 0.1) is 19.3 Å². The molecule has 2 heterocycles. The molecule has 2 nitrogen and oxygen atoms in total. The number of fused-ring (bicyclic) bond motifs is 2. The molecule has 2 heteroatoms. The van der Waals surface area contributed by atoms with Crippen molar-refractivity contribution in [1.82, 2.24) is 4.90 Å². The van der Waals surface area contributed by atoms with E-state index in [4.69, 9.17) is 4.74 Å². The summed E-state index contributed by atoms with van der Waals surface area (Å²) in [5, 5.41) is 0. The first kappa shape index (κ1) is 17.4. The van der Waals surface area contributed by atoms with Crippen LogP contribution in [0.3, 0.4) is 0 Å². The van der Waals surface area contributed by atoms with Crippen LogP contribution in [0.25, 0.3) is 0 Å². The third-order valence-corrected chi connectivity index (χ3v) is 5.28. The smallest absolute Gasteiger partial charge is 0.0658 e. The third kappa shape index (κ3) is 4.81. The molecule has 0 N–H and O–H groups in total. The molecule has 2 atom stereocenters. The number of nitrogens with zero attached hydrogens (tertiary/aromatic N) is 1. The number of unbranched alkanes of at least 4 members (excludes halogenated alkanes) is 4. The fourth-order valence-corrected chi connectivity index (χ4v) is 3.97. The molecule has 0 radical (unpaired) electrons. The second-order valence-corrected chi connectivity index (χ2v) is 7.19. The molecule has 1 fully saturated rings. The van der Waals surface area contributed by atoms with E-state index in [0.717, 1.165) is 19.8 Å². The number of hydrogen-bond donors (Lipinski definition) is 0. The van der Waals surface area contributed by atoms with Gasteiger partial charge in [0.15, 0.2) is 0 Å². The van der Waals surface area contributed by atoms with E-state index in [0.29, 0.717) is 12.1 Å². The Bertz CT molecular complexity index is 536. The summed E-state index contributed by atoms with van der Waals surface area (Å²) in [4.78, 5) is 2.65. The fraction of sp³-hybridized carbons (Fsp3) is 0.545. The Labute approximate surface area is 147 Å². The lowest BCUT2D eigenvalue weighted by atomic mass is 9.90. The van der Waals surface area contributed by atoms with Gasteiger partial charge in [0.25, 0.3) is 0 Å². The van der Waals surface area contributed by atoms with Crippen LogP contribution in [0.4, 0.5) is 0 Å². The van der Waals surface area contributed by atoms with Gasteiger partial charge in [0.2, 0.25) is 0 Å². The molecule has 0 spiro atoms. The molecular weight excluding hydrogens is 294 g/mol. The first-order valence-electron chi connectivity index (χ1n) is 9.54. The second-order valence-electron chi connectivity index (χ2n) is 7.19. The molecule has 2 bridgehead atoms. The summed E-state index contributed by atoms with van der Waals surface area (Å²) in [7, 11) is 0. The first-order valence-corrected chi connectivity index (χ1v) is 9.54. The highest BCUT2D eigenvalue weighted by Gasteiger charge is 2.34. The van der Waals surface area contributed by atoms with Gasteiger partial charge in [-0.15, -0.1) is 6.58 Å². The van der Waals surface area contributed by atoms with Crippen LogP contribution in [0.1, 0.15) is 50.5 Å². The minimum Gasteiger partial charge on any atom is -0.378 e. The van der Waals surface area contributed by atoms with E-state index < -0.39 is 0 Å². The molecule has 2 aliphatic heterocycles. The van der Waals surface area contributed by atoms with E-state index in [9.17, 15) is 0 Å². The van der Waals surface area contributed by atoms with Crippen LogP contribution in [0.5, 0.6) is 0 Å². The lowest BCUT2D eigenvalue weighted by Gasteiger charge is -2.45. The minimum atomic E-state index is 0.466. The Morgan fingerprint density at radius 3 is 2.71 bits per heavy atom. The maximum absolute atomic E-state index is 5.83. The Kier molecular flexibility index (Phi) is 6.68. The standard InChI is InChI=1S/C22H31NO/c1-2-3-4-5-6-8-13-20-14-21-17-24-18-22(15-20)23(21)16-19-11-9-7-10-12-19/h2,7,9-12,14,21-22H,1,3-6,8,13,15-18H2. The Balaban J connectivity index is 1.51. The van der Waals surface area contributed by atoms with E-state index in [1.54, 1.807) is 5.57 Å². The van der Waals surface area contributed by atoms with Crippen molar-refractivity contribution in [1.29, 1.82) is 0 Å². The molecule has 2 unspecified atom stereocenters. The van der Waals surface area contributed by atoms with Gasteiger partial charge >= 0.3 is 0 Å². The van der Waals surface area contributed by atoms with Gasteiger partial charge in [-0.1, -0.05) is 60.9 Å². The fourth-order valence-electron chi connectivity index (χ4n) is 3.97. The van der Waals surface area contributed by atoms with Crippen LogP contribution in [0.2, 0.25) is 0 Å². The molecule has 130 valence electrons. The van der Waals surface area contributed by atoms with E-state index >= 15 is 0 Å². The second kappa shape index (κ2) is 9.19. The van der Waals surface area contributed by atoms with Gasteiger partial charge < -0.3 is 4.74 Å². The summed E-state index contributed by atoms with van der Waals surface area (Å²) in [5.41, 5.74) is 3.08. The lowest BCUT2D eigenvalue weighted by Crippen LogP contribution is -2.53. The normalized spacial score (nSPS) is 23.8. The Morgan fingerprint density at radius 1 is 1.08 bits per heavy atom. The van der Waals surface area contributed by atoms with Gasteiger partial charge in [-0.3, -0.25) is 4.90 Å². The number of allylic oxidation sites excluding steroid dienone is 1. The van der Waals surface area contributed by atoms with E-state index in [1.807, 2.05) is 6.08 Å². The molecule has 2 aliphatic rings. The highest BCUT2D eigenvalue weighted by Crippen LogP contribution is 2.31. The molecule has 0 saturated carbocycles. The average Bonchev–Trinajstić information content (AvgIpc) is 2.59. The quantitative estimate of drug-likeness (QED) is 0.462. The molecule has 3 rings (SSSR count). The maximum Gasteiger partial charge on any atom is 0.0658 e. The van der Waals surface area contributed by atoms with E-state index in [1.165, 1.54) is 50.5 Å². The number of rotatable bonds is 9. The molecule has 1 saturated heterocycles. The van der Waals surface area contributed by atoms with Crippen molar-refractivity contribution in [3.63, 3.8) is 0 Å². The zero-order chi connectivity index (χ0) is 16.6. The zero-order valence-electron chi connectivity index (χ0n) is 14.8. The van der Waals surface area contributed by atoms with Crippen molar-refractivity contribution in [3.05, 3.63) is 60.2 Å². The predicted molar refractivity (Wildman–Crippen MR) is 101 cm³/mol. The summed E-state index contributed by atoms with van der Waals surface area (Å²) in [6, 6.07) is 11.9. The van der Waals surface area contributed by atoms with Crippen molar-refractivity contribution < 1.29 is 4.74 Å². The zero-order valence-corrected chi connectivity index (χ0v) is 14.8.